The van der Waals surface area contributed by atoms with Crippen molar-refractivity contribution in [1.29, 1.82) is 0 Å². The predicted molar refractivity (Wildman–Crippen MR) is 80.1 cm³/mol. The molecule has 1 fully saturated rings. The molecule has 1 heterocycles. The fraction of sp³-hybridized carbons (Fsp3) is 0.647. The second-order valence-electron chi connectivity index (χ2n) is 6.00. The van der Waals surface area contributed by atoms with Gasteiger partial charge in [-0.1, -0.05) is 13.0 Å². The Bertz CT molecular complexity index is 440. The lowest BCUT2D eigenvalue weighted by atomic mass is 9.89. The van der Waals surface area contributed by atoms with Crippen LogP contribution >= 0.6 is 0 Å². The maximum Gasteiger partial charge on any atom is 0.129 e. The molecule has 2 nitrogen and oxygen atoms in total. The minimum Gasteiger partial charge on any atom is -0.395 e. The van der Waals surface area contributed by atoms with Gasteiger partial charge in [-0.15, -0.1) is 0 Å². The smallest absolute Gasteiger partial charge is 0.129 e. The van der Waals surface area contributed by atoms with Crippen LogP contribution < -0.4 is 0 Å². The van der Waals surface area contributed by atoms with Crippen LogP contribution in [0.5, 0.6) is 0 Å². The number of piperidine rings is 1. The topological polar surface area (TPSA) is 23.5 Å². The number of aliphatic hydroxyl groups excluding tert-OH is 1. The molecule has 1 N–H and O–H groups in total. The number of halogens is 2. The van der Waals surface area contributed by atoms with Crippen LogP contribution in [-0.2, 0) is 6.42 Å². The van der Waals surface area contributed by atoms with Gasteiger partial charge < -0.3 is 5.11 Å². The van der Waals surface area contributed by atoms with Crippen LogP contribution in [-0.4, -0.2) is 35.7 Å². The Morgan fingerprint density at radius 3 is 2.57 bits per heavy atom. The molecule has 1 aliphatic heterocycles. The molecular formula is C17H25F2NO. The molecule has 0 bridgehead atoms. The first-order valence-corrected chi connectivity index (χ1v) is 7.92. The molecule has 0 saturated carbocycles. The standard InChI is InChI=1S/C17H25F2NO/c1-2-16(12-21)20-9-7-13(8-10-20)3-4-14-5-6-15(18)11-17(14)19/h5-6,11,13,16,21H,2-4,7-10,12H2,1H3. The van der Waals surface area contributed by atoms with Gasteiger partial charge in [0, 0.05) is 12.1 Å². The second-order valence-corrected chi connectivity index (χ2v) is 6.00. The highest BCUT2D eigenvalue weighted by Crippen LogP contribution is 2.25. The van der Waals surface area contributed by atoms with Crippen molar-refractivity contribution in [1.82, 2.24) is 4.90 Å². The normalized spacial score (nSPS) is 18.9. The third-order valence-corrected chi connectivity index (χ3v) is 4.68. The number of hydrogen-bond donors (Lipinski definition) is 1. The molecule has 1 aliphatic rings. The van der Waals surface area contributed by atoms with E-state index in [4.69, 9.17) is 0 Å². The highest BCUT2D eigenvalue weighted by atomic mass is 19.1. The zero-order chi connectivity index (χ0) is 15.2. The molecule has 0 spiro atoms. The van der Waals surface area contributed by atoms with Crippen molar-refractivity contribution in [2.75, 3.05) is 19.7 Å². The number of hydrogen-bond acceptors (Lipinski definition) is 2. The van der Waals surface area contributed by atoms with Gasteiger partial charge in [0.25, 0.3) is 0 Å². The van der Waals surface area contributed by atoms with Crippen molar-refractivity contribution >= 4 is 0 Å². The van der Waals surface area contributed by atoms with Gasteiger partial charge in [-0.25, -0.2) is 8.78 Å². The number of aryl methyl sites for hydroxylation is 1. The first-order chi connectivity index (χ1) is 10.1. The molecule has 1 aromatic rings. The minimum absolute atomic E-state index is 0.224. The number of nitrogens with zero attached hydrogens (tertiary/aromatic N) is 1. The van der Waals surface area contributed by atoms with Crippen molar-refractivity contribution in [2.24, 2.45) is 5.92 Å². The van der Waals surface area contributed by atoms with Crippen molar-refractivity contribution in [2.45, 2.75) is 45.1 Å². The monoisotopic (exact) mass is 297 g/mol. The van der Waals surface area contributed by atoms with E-state index < -0.39 is 11.6 Å². The van der Waals surface area contributed by atoms with Crippen LogP contribution in [0.3, 0.4) is 0 Å². The summed E-state index contributed by atoms with van der Waals surface area (Å²) < 4.78 is 26.5. The molecule has 0 amide bonds. The maximum atomic E-state index is 13.6. The molecule has 1 saturated heterocycles. The molecule has 0 aliphatic carbocycles. The summed E-state index contributed by atoms with van der Waals surface area (Å²) in [5.74, 6) is -0.347. The van der Waals surface area contributed by atoms with E-state index >= 15 is 0 Å². The van der Waals surface area contributed by atoms with Crippen LogP contribution in [0.2, 0.25) is 0 Å². The summed E-state index contributed by atoms with van der Waals surface area (Å²) in [5, 5.41) is 9.34. The molecule has 0 radical (unpaired) electrons. The van der Waals surface area contributed by atoms with E-state index in [2.05, 4.69) is 11.8 Å². The molecule has 1 aromatic carbocycles. The molecule has 118 valence electrons. The van der Waals surface area contributed by atoms with Crippen molar-refractivity contribution in [3.8, 4) is 0 Å². The molecule has 0 aromatic heterocycles. The van der Waals surface area contributed by atoms with Crippen molar-refractivity contribution in [3.63, 3.8) is 0 Å². The van der Waals surface area contributed by atoms with E-state index in [9.17, 15) is 13.9 Å². The summed E-state index contributed by atoms with van der Waals surface area (Å²) in [5.41, 5.74) is 0.612. The van der Waals surface area contributed by atoms with Crippen LogP contribution in [0.1, 0.15) is 38.2 Å². The van der Waals surface area contributed by atoms with Crippen molar-refractivity contribution < 1.29 is 13.9 Å². The lowest BCUT2D eigenvalue weighted by molar-refractivity contribution is 0.0826. The Balaban J connectivity index is 1.78. The summed E-state index contributed by atoms with van der Waals surface area (Å²) in [7, 11) is 0. The lowest BCUT2D eigenvalue weighted by Crippen LogP contribution is -2.43. The van der Waals surface area contributed by atoms with Crippen molar-refractivity contribution in [3.05, 3.63) is 35.4 Å². The third-order valence-electron chi connectivity index (χ3n) is 4.68. The Labute approximate surface area is 125 Å². The minimum atomic E-state index is -0.515. The first-order valence-electron chi connectivity index (χ1n) is 7.92. The quantitative estimate of drug-likeness (QED) is 0.870. The first kappa shape index (κ1) is 16.4. The van der Waals surface area contributed by atoms with Crippen LogP contribution in [0.4, 0.5) is 8.78 Å². The van der Waals surface area contributed by atoms with E-state index in [1.54, 1.807) is 6.07 Å². The maximum absolute atomic E-state index is 13.6. The van der Waals surface area contributed by atoms with Gasteiger partial charge in [-0.3, -0.25) is 4.90 Å². The van der Waals surface area contributed by atoms with Gasteiger partial charge in [0.2, 0.25) is 0 Å². The molecule has 1 unspecified atom stereocenters. The summed E-state index contributed by atoms with van der Waals surface area (Å²) >= 11 is 0. The van der Waals surface area contributed by atoms with Crippen LogP contribution in [0.15, 0.2) is 18.2 Å². The Morgan fingerprint density at radius 2 is 2.00 bits per heavy atom. The molecule has 1 atom stereocenters. The van der Waals surface area contributed by atoms with E-state index in [1.807, 2.05) is 0 Å². The number of aliphatic hydroxyl groups is 1. The average Bonchev–Trinajstić information content (AvgIpc) is 2.49. The Morgan fingerprint density at radius 1 is 1.29 bits per heavy atom. The number of rotatable bonds is 6. The highest BCUT2D eigenvalue weighted by Gasteiger charge is 2.23. The zero-order valence-electron chi connectivity index (χ0n) is 12.7. The number of benzene rings is 1. The van der Waals surface area contributed by atoms with Gasteiger partial charge in [0.15, 0.2) is 0 Å². The zero-order valence-corrected chi connectivity index (χ0v) is 12.7. The van der Waals surface area contributed by atoms with Gasteiger partial charge in [0.1, 0.15) is 11.6 Å². The lowest BCUT2D eigenvalue weighted by Gasteiger charge is -2.36. The summed E-state index contributed by atoms with van der Waals surface area (Å²) in [6, 6.07) is 4.12. The molecular weight excluding hydrogens is 272 g/mol. The summed E-state index contributed by atoms with van der Waals surface area (Å²) in [4.78, 5) is 2.36. The van der Waals surface area contributed by atoms with E-state index in [-0.39, 0.29) is 12.6 Å². The average molecular weight is 297 g/mol. The van der Waals surface area contributed by atoms with Gasteiger partial charge in [0.05, 0.1) is 6.61 Å². The summed E-state index contributed by atoms with van der Waals surface area (Å²) in [6.45, 7) is 4.34. The van der Waals surface area contributed by atoms with Crippen LogP contribution in [0, 0.1) is 17.6 Å². The molecule has 4 heteroatoms. The van der Waals surface area contributed by atoms with E-state index in [0.29, 0.717) is 17.9 Å². The third kappa shape index (κ3) is 4.48. The predicted octanol–water partition coefficient (Wildman–Crippen LogP) is 3.38. The fourth-order valence-corrected chi connectivity index (χ4v) is 3.19. The summed E-state index contributed by atoms with van der Waals surface area (Å²) in [6.07, 6.45) is 4.79. The van der Waals surface area contributed by atoms with E-state index in [0.717, 1.165) is 44.8 Å². The van der Waals surface area contributed by atoms with Crippen LogP contribution in [0.25, 0.3) is 0 Å². The second kappa shape index (κ2) is 7.85. The fourth-order valence-electron chi connectivity index (χ4n) is 3.19. The van der Waals surface area contributed by atoms with E-state index in [1.165, 1.54) is 6.07 Å². The Kier molecular flexibility index (Phi) is 6.12. The van der Waals surface area contributed by atoms with Gasteiger partial charge in [-0.05, 0) is 62.7 Å². The molecule has 21 heavy (non-hydrogen) atoms. The SMILES string of the molecule is CCC(CO)N1CCC(CCc2ccc(F)cc2F)CC1. The van der Waals surface area contributed by atoms with Gasteiger partial charge in [-0.2, -0.15) is 0 Å². The largest absolute Gasteiger partial charge is 0.395 e. The highest BCUT2D eigenvalue weighted by molar-refractivity contribution is 5.18. The number of likely N-dealkylation sites (tertiary alicyclic amines) is 1. The van der Waals surface area contributed by atoms with Gasteiger partial charge >= 0.3 is 0 Å². The molecule has 2 rings (SSSR count). The Hall–Kier alpha value is -1.00.